The highest BCUT2D eigenvalue weighted by atomic mass is 79.9. The summed E-state index contributed by atoms with van der Waals surface area (Å²) in [6.45, 7) is 0.433. The standard InChI is InChI=1S/C20H20BrN3O5S/c1-23-17-9-8-16(11-18(17)29-20(23)26)30(27,28)24-10-2-3-13(12-24)19(25)22-15-6-4-14(21)5-7-15/h4-9,11,13H,2-3,10,12H2,1H3,(H,22,25). The van der Waals surface area contributed by atoms with Crippen molar-refractivity contribution in [3.8, 4) is 0 Å². The van der Waals surface area contributed by atoms with Crippen LogP contribution in [0.3, 0.4) is 0 Å². The van der Waals surface area contributed by atoms with Gasteiger partial charge in [-0.3, -0.25) is 9.36 Å². The second-order valence-electron chi connectivity index (χ2n) is 7.25. The van der Waals surface area contributed by atoms with E-state index in [9.17, 15) is 18.0 Å². The number of piperidine rings is 1. The maximum atomic E-state index is 13.1. The van der Waals surface area contributed by atoms with Crippen molar-refractivity contribution in [1.29, 1.82) is 0 Å². The highest BCUT2D eigenvalue weighted by Crippen LogP contribution is 2.27. The summed E-state index contributed by atoms with van der Waals surface area (Å²) in [5.41, 5.74) is 1.39. The molecule has 0 saturated carbocycles. The van der Waals surface area contributed by atoms with Crippen LogP contribution in [-0.4, -0.2) is 36.3 Å². The molecule has 0 bridgehead atoms. The summed E-state index contributed by atoms with van der Waals surface area (Å²) in [5, 5.41) is 2.85. The van der Waals surface area contributed by atoms with Crippen LogP contribution in [0.25, 0.3) is 11.1 Å². The Morgan fingerprint density at radius 2 is 1.93 bits per heavy atom. The number of rotatable bonds is 4. The van der Waals surface area contributed by atoms with Gasteiger partial charge in [0.2, 0.25) is 15.9 Å². The molecule has 1 aliphatic heterocycles. The number of benzene rings is 2. The van der Waals surface area contributed by atoms with Gasteiger partial charge in [-0.15, -0.1) is 0 Å². The number of sulfonamides is 1. The number of oxazole rings is 1. The SMILES string of the molecule is Cn1c(=O)oc2cc(S(=O)(=O)N3CCCC(C(=O)Nc4ccc(Br)cc4)C3)ccc21. The van der Waals surface area contributed by atoms with Crippen molar-refractivity contribution in [2.45, 2.75) is 17.7 Å². The average molecular weight is 494 g/mol. The lowest BCUT2D eigenvalue weighted by molar-refractivity contribution is -0.120. The molecule has 1 amide bonds. The molecular formula is C20H20BrN3O5S. The van der Waals surface area contributed by atoms with Crippen LogP contribution in [0.1, 0.15) is 12.8 Å². The summed E-state index contributed by atoms with van der Waals surface area (Å²) in [6, 6.07) is 11.6. The van der Waals surface area contributed by atoms with Gasteiger partial charge in [-0.1, -0.05) is 15.9 Å². The Kier molecular flexibility index (Phi) is 5.56. The van der Waals surface area contributed by atoms with Crippen molar-refractivity contribution >= 4 is 48.6 Å². The first-order chi connectivity index (χ1) is 14.3. The number of hydrogen-bond acceptors (Lipinski definition) is 5. The van der Waals surface area contributed by atoms with Crippen molar-refractivity contribution < 1.29 is 17.6 Å². The van der Waals surface area contributed by atoms with E-state index >= 15 is 0 Å². The predicted octanol–water partition coefficient (Wildman–Crippen LogP) is 2.93. The number of aryl methyl sites for hydroxylation is 1. The molecule has 1 fully saturated rings. The zero-order chi connectivity index (χ0) is 21.5. The molecule has 0 spiro atoms. The molecule has 8 nitrogen and oxygen atoms in total. The zero-order valence-corrected chi connectivity index (χ0v) is 18.6. The summed E-state index contributed by atoms with van der Waals surface area (Å²) >= 11 is 3.35. The summed E-state index contributed by atoms with van der Waals surface area (Å²) in [7, 11) is -2.27. The normalized spacial score (nSPS) is 17.9. The van der Waals surface area contributed by atoms with E-state index in [0.717, 1.165) is 4.47 Å². The van der Waals surface area contributed by atoms with Gasteiger partial charge in [0.25, 0.3) is 0 Å². The molecule has 2 heterocycles. The Labute approximate surface area is 181 Å². The average Bonchev–Trinajstić information content (AvgIpc) is 3.03. The van der Waals surface area contributed by atoms with E-state index in [-0.39, 0.29) is 22.9 Å². The van der Waals surface area contributed by atoms with Crippen LogP contribution in [0.4, 0.5) is 5.69 Å². The fraction of sp³-hybridized carbons (Fsp3) is 0.300. The molecule has 4 rings (SSSR count). The Balaban J connectivity index is 1.53. The summed E-state index contributed by atoms with van der Waals surface area (Å²) in [6.07, 6.45) is 1.20. The van der Waals surface area contributed by atoms with Crippen molar-refractivity contribution in [3.05, 3.63) is 57.5 Å². The third kappa shape index (κ3) is 3.94. The molecule has 1 N–H and O–H groups in total. The van der Waals surface area contributed by atoms with Gasteiger partial charge >= 0.3 is 5.76 Å². The van der Waals surface area contributed by atoms with E-state index in [1.165, 1.54) is 21.0 Å². The van der Waals surface area contributed by atoms with Gasteiger partial charge in [0, 0.05) is 36.4 Å². The van der Waals surface area contributed by atoms with Crippen LogP contribution in [0.5, 0.6) is 0 Å². The van der Waals surface area contributed by atoms with Gasteiger partial charge < -0.3 is 9.73 Å². The lowest BCUT2D eigenvalue weighted by Gasteiger charge is -2.31. The quantitative estimate of drug-likeness (QED) is 0.601. The van der Waals surface area contributed by atoms with Crippen molar-refractivity contribution in [2.24, 2.45) is 13.0 Å². The van der Waals surface area contributed by atoms with Crippen molar-refractivity contribution in [2.75, 3.05) is 18.4 Å². The minimum absolute atomic E-state index is 0.0401. The summed E-state index contributed by atoms with van der Waals surface area (Å²) < 4.78 is 35.0. The van der Waals surface area contributed by atoms with Gasteiger partial charge in [0.15, 0.2) is 5.58 Å². The number of carbonyl (C=O) groups is 1. The first-order valence-corrected chi connectivity index (χ1v) is 11.7. The predicted molar refractivity (Wildman–Crippen MR) is 116 cm³/mol. The largest absolute Gasteiger partial charge is 0.419 e. The zero-order valence-electron chi connectivity index (χ0n) is 16.2. The molecule has 1 unspecified atom stereocenters. The van der Waals surface area contributed by atoms with Gasteiger partial charge in [-0.2, -0.15) is 4.31 Å². The molecule has 158 valence electrons. The summed E-state index contributed by atoms with van der Waals surface area (Å²) in [5.74, 6) is -1.21. The fourth-order valence-electron chi connectivity index (χ4n) is 3.58. The molecular weight excluding hydrogens is 474 g/mol. The van der Waals surface area contributed by atoms with Crippen LogP contribution in [0.15, 0.2) is 61.0 Å². The number of anilines is 1. The third-order valence-electron chi connectivity index (χ3n) is 5.27. The van der Waals surface area contributed by atoms with Crippen LogP contribution >= 0.6 is 15.9 Å². The topological polar surface area (TPSA) is 102 Å². The molecule has 10 heteroatoms. The third-order valence-corrected chi connectivity index (χ3v) is 7.66. The van der Waals surface area contributed by atoms with Gasteiger partial charge in [-0.25, -0.2) is 13.2 Å². The molecule has 0 aliphatic carbocycles. The number of amides is 1. The molecule has 1 saturated heterocycles. The Morgan fingerprint density at radius 1 is 1.20 bits per heavy atom. The molecule has 1 aliphatic rings. The lowest BCUT2D eigenvalue weighted by Crippen LogP contribution is -2.43. The van der Waals surface area contributed by atoms with Gasteiger partial charge in [0.1, 0.15) is 0 Å². The van der Waals surface area contributed by atoms with E-state index in [4.69, 9.17) is 4.42 Å². The number of fused-ring (bicyclic) bond motifs is 1. The molecule has 3 aromatic rings. The van der Waals surface area contributed by atoms with E-state index in [2.05, 4.69) is 21.2 Å². The van der Waals surface area contributed by atoms with E-state index < -0.39 is 21.7 Å². The number of halogens is 1. The van der Waals surface area contributed by atoms with Gasteiger partial charge in [0.05, 0.1) is 16.3 Å². The molecule has 30 heavy (non-hydrogen) atoms. The first kappa shape index (κ1) is 20.8. The number of carbonyl (C=O) groups excluding carboxylic acids is 1. The molecule has 1 atom stereocenters. The van der Waals surface area contributed by atoms with Gasteiger partial charge in [-0.05, 0) is 49.2 Å². The maximum absolute atomic E-state index is 13.1. The Morgan fingerprint density at radius 3 is 2.67 bits per heavy atom. The minimum atomic E-state index is -3.83. The Hall–Kier alpha value is -2.43. The second kappa shape index (κ2) is 8.01. The number of nitrogens with zero attached hydrogens (tertiary/aromatic N) is 2. The first-order valence-electron chi connectivity index (χ1n) is 9.42. The number of aromatic nitrogens is 1. The molecule has 1 aromatic heterocycles. The maximum Gasteiger partial charge on any atom is 0.419 e. The molecule has 2 aromatic carbocycles. The van der Waals surface area contributed by atoms with Crippen molar-refractivity contribution in [1.82, 2.24) is 8.87 Å². The van der Waals surface area contributed by atoms with Crippen LogP contribution in [0, 0.1) is 5.92 Å². The summed E-state index contributed by atoms with van der Waals surface area (Å²) in [4.78, 5) is 24.4. The van der Waals surface area contributed by atoms with E-state index in [1.54, 1.807) is 25.2 Å². The van der Waals surface area contributed by atoms with E-state index in [1.807, 2.05) is 12.1 Å². The van der Waals surface area contributed by atoms with E-state index in [0.29, 0.717) is 30.6 Å². The molecule has 0 radical (unpaired) electrons. The van der Waals surface area contributed by atoms with Crippen molar-refractivity contribution in [3.63, 3.8) is 0 Å². The highest BCUT2D eigenvalue weighted by molar-refractivity contribution is 9.10. The number of hydrogen-bond donors (Lipinski definition) is 1. The highest BCUT2D eigenvalue weighted by Gasteiger charge is 2.33. The smallest absolute Gasteiger partial charge is 0.408 e. The monoisotopic (exact) mass is 493 g/mol. The second-order valence-corrected chi connectivity index (χ2v) is 10.1. The van der Waals surface area contributed by atoms with Crippen LogP contribution < -0.4 is 11.1 Å². The number of nitrogens with one attached hydrogen (secondary N) is 1. The van der Waals surface area contributed by atoms with Crippen LogP contribution in [-0.2, 0) is 21.9 Å². The Bertz CT molecular complexity index is 1260. The fourth-order valence-corrected chi connectivity index (χ4v) is 5.38. The minimum Gasteiger partial charge on any atom is -0.408 e. The van der Waals surface area contributed by atoms with Crippen LogP contribution in [0.2, 0.25) is 0 Å². The lowest BCUT2D eigenvalue weighted by atomic mass is 9.99.